The van der Waals surface area contributed by atoms with Crippen LogP contribution in [0.2, 0.25) is 0 Å². The van der Waals surface area contributed by atoms with Crippen LogP contribution < -0.4 is 0 Å². The second kappa shape index (κ2) is 7.81. The van der Waals surface area contributed by atoms with Gasteiger partial charge in [0.2, 0.25) is 0 Å². The lowest BCUT2D eigenvalue weighted by atomic mass is 9.95. The molecule has 0 aliphatic heterocycles. The standard InChI is InChI=1S/C21H23NO2S/c1-22(2)13-5-8-18-17-7-4-3-6-15(17)9-11-20-19(18)14-16(25-20)10-12-21(23)24/h3-4,6-8,10,12,14H,5,9,11,13H2,1-2H3,(H,23,24)/b12-10+,18-8+. The molecule has 1 heterocycles. The highest BCUT2D eigenvalue weighted by Gasteiger charge is 2.20. The number of hydrogen-bond donors (Lipinski definition) is 1. The molecule has 0 saturated carbocycles. The van der Waals surface area contributed by atoms with Crippen molar-refractivity contribution in [3.8, 4) is 0 Å². The van der Waals surface area contributed by atoms with Gasteiger partial charge in [-0.05, 0) is 67.8 Å². The van der Waals surface area contributed by atoms with Crippen molar-refractivity contribution in [2.24, 2.45) is 0 Å². The Balaban J connectivity index is 2.03. The molecule has 0 bridgehead atoms. The molecule has 3 nitrogen and oxygen atoms in total. The summed E-state index contributed by atoms with van der Waals surface area (Å²) in [5.74, 6) is -0.907. The number of fused-ring (bicyclic) bond motifs is 2. The third-order valence-electron chi connectivity index (χ3n) is 4.36. The second-order valence-corrected chi connectivity index (χ2v) is 7.69. The monoisotopic (exact) mass is 353 g/mol. The van der Waals surface area contributed by atoms with Crippen molar-refractivity contribution in [3.05, 3.63) is 68.9 Å². The van der Waals surface area contributed by atoms with E-state index < -0.39 is 5.97 Å². The van der Waals surface area contributed by atoms with E-state index in [9.17, 15) is 4.79 Å². The number of benzene rings is 1. The van der Waals surface area contributed by atoms with Gasteiger partial charge < -0.3 is 10.0 Å². The molecule has 0 amide bonds. The Hall–Kier alpha value is -2.17. The third kappa shape index (κ3) is 4.27. The van der Waals surface area contributed by atoms with Gasteiger partial charge in [-0.15, -0.1) is 11.3 Å². The summed E-state index contributed by atoms with van der Waals surface area (Å²) < 4.78 is 0. The Morgan fingerprint density at radius 3 is 2.80 bits per heavy atom. The highest BCUT2D eigenvalue weighted by molar-refractivity contribution is 7.13. The van der Waals surface area contributed by atoms with E-state index in [0.717, 1.165) is 30.7 Å². The third-order valence-corrected chi connectivity index (χ3v) is 5.52. The maximum absolute atomic E-state index is 10.8. The molecule has 0 fully saturated rings. The summed E-state index contributed by atoms with van der Waals surface area (Å²) in [6, 6.07) is 10.8. The number of hydrogen-bond acceptors (Lipinski definition) is 3. The molecule has 0 spiro atoms. The highest BCUT2D eigenvalue weighted by atomic mass is 32.1. The Kier molecular flexibility index (Phi) is 5.51. The Labute approximate surface area is 152 Å². The van der Waals surface area contributed by atoms with E-state index >= 15 is 0 Å². The lowest BCUT2D eigenvalue weighted by Gasteiger charge is -2.11. The SMILES string of the molecule is CN(C)CC/C=C1\c2ccccc2CCc2sc(/C=C/C(=O)O)cc21. The smallest absolute Gasteiger partial charge is 0.328 e. The minimum absolute atomic E-state index is 0.907. The Bertz CT molecular complexity index is 830. The van der Waals surface area contributed by atoms with Gasteiger partial charge in [0.15, 0.2) is 0 Å². The van der Waals surface area contributed by atoms with Gasteiger partial charge in [0, 0.05) is 22.4 Å². The first-order chi connectivity index (χ1) is 12.0. The van der Waals surface area contributed by atoms with Crippen molar-refractivity contribution < 1.29 is 9.90 Å². The molecule has 1 aromatic heterocycles. The molecule has 1 aliphatic carbocycles. The molecule has 2 aromatic rings. The largest absolute Gasteiger partial charge is 0.478 e. The van der Waals surface area contributed by atoms with Gasteiger partial charge in [0.05, 0.1) is 0 Å². The van der Waals surface area contributed by atoms with Crippen molar-refractivity contribution in [1.29, 1.82) is 0 Å². The van der Waals surface area contributed by atoms with Gasteiger partial charge in [-0.3, -0.25) is 0 Å². The summed E-state index contributed by atoms with van der Waals surface area (Å²) in [6.07, 6.45) is 8.27. The van der Waals surface area contributed by atoms with Crippen LogP contribution >= 0.6 is 11.3 Å². The molecule has 0 radical (unpaired) electrons. The van der Waals surface area contributed by atoms with Gasteiger partial charge in [-0.2, -0.15) is 0 Å². The number of carbonyl (C=O) groups is 1. The first-order valence-electron chi connectivity index (χ1n) is 8.52. The minimum Gasteiger partial charge on any atom is -0.478 e. The van der Waals surface area contributed by atoms with E-state index in [2.05, 4.69) is 55.4 Å². The lowest BCUT2D eigenvalue weighted by Crippen LogP contribution is -2.12. The number of carboxylic acids is 1. The van der Waals surface area contributed by atoms with Crippen LogP contribution in [0, 0.1) is 0 Å². The normalized spacial score (nSPS) is 15.4. The Morgan fingerprint density at radius 1 is 1.24 bits per heavy atom. The molecular weight excluding hydrogens is 330 g/mol. The zero-order valence-electron chi connectivity index (χ0n) is 14.7. The van der Waals surface area contributed by atoms with E-state index in [1.165, 1.54) is 33.2 Å². The van der Waals surface area contributed by atoms with Crippen molar-refractivity contribution >= 4 is 29.0 Å². The molecule has 25 heavy (non-hydrogen) atoms. The summed E-state index contributed by atoms with van der Waals surface area (Å²) in [4.78, 5) is 15.3. The van der Waals surface area contributed by atoms with Crippen LogP contribution in [0.25, 0.3) is 11.6 Å². The molecule has 130 valence electrons. The van der Waals surface area contributed by atoms with E-state index in [4.69, 9.17) is 5.11 Å². The molecule has 4 heteroatoms. The maximum Gasteiger partial charge on any atom is 0.328 e. The second-order valence-electron chi connectivity index (χ2n) is 6.52. The average Bonchev–Trinajstić information content (AvgIpc) is 2.92. The van der Waals surface area contributed by atoms with Crippen molar-refractivity contribution in [2.75, 3.05) is 20.6 Å². The predicted octanol–water partition coefficient (Wildman–Crippen LogP) is 4.33. The number of aliphatic carboxylic acids is 1. The number of thiophene rings is 1. The molecule has 0 atom stereocenters. The van der Waals surface area contributed by atoms with Crippen LogP contribution in [-0.2, 0) is 17.6 Å². The molecule has 0 saturated heterocycles. The van der Waals surface area contributed by atoms with E-state index in [-0.39, 0.29) is 0 Å². The van der Waals surface area contributed by atoms with Gasteiger partial charge >= 0.3 is 5.97 Å². The van der Waals surface area contributed by atoms with Gasteiger partial charge in [-0.25, -0.2) is 4.79 Å². The first-order valence-corrected chi connectivity index (χ1v) is 9.33. The topological polar surface area (TPSA) is 40.5 Å². The summed E-state index contributed by atoms with van der Waals surface area (Å²) in [6.45, 7) is 1.01. The van der Waals surface area contributed by atoms with Crippen LogP contribution in [0.5, 0.6) is 0 Å². The molecule has 1 aromatic carbocycles. The van der Waals surface area contributed by atoms with Crippen LogP contribution in [-0.4, -0.2) is 36.6 Å². The quantitative estimate of drug-likeness (QED) is 0.814. The molecule has 1 aliphatic rings. The van der Waals surface area contributed by atoms with Crippen LogP contribution in [0.4, 0.5) is 0 Å². The average molecular weight is 353 g/mol. The molecular formula is C21H23NO2S. The first kappa shape index (κ1) is 17.6. The molecule has 1 N–H and O–H groups in total. The number of nitrogens with zero attached hydrogens (tertiary/aromatic N) is 1. The van der Waals surface area contributed by atoms with Crippen molar-refractivity contribution in [2.45, 2.75) is 19.3 Å². The van der Waals surface area contributed by atoms with E-state index in [1.54, 1.807) is 17.4 Å². The van der Waals surface area contributed by atoms with Gasteiger partial charge in [0.25, 0.3) is 0 Å². The van der Waals surface area contributed by atoms with Gasteiger partial charge in [-0.1, -0.05) is 30.3 Å². The summed E-state index contributed by atoms with van der Waals surface area (Å²) >= 11 is 1.70. The predicted molar refractivity (Wildman–Crippen MR) is 105 cm³/mol. The molecule has 3 rings (SSSR count). The van der Waals surface area contributed by atoms with Crippen molar-refractivity contribution in [3.63, 3.8) is 0 Å². The van der Waals surface area contributed by atoms with E-state index in [1.807, 2.05) is 0 Å². The fraction of sp³-hybridized carbons (Fsp3) is 0.286. The number of carboxylic acid groups (broad SMARTS) is 1. The number of aryl methyl sites for hydroxylation is 2. The van der Waals surface area contributed by atoms with E-state index in [0.29, 0.717) is 0 Å². The lowest BCUT2D eigenvalue weighted by molar-refractivity contribution is -0.131. The van der Waals surface area contributed by atoms with Gasteiger partial charge in [0.1, 0.15) is 0 Å². The summed E-state index contributed by atoms with van der Waals surface area (Å²) in [5.41, 5.74) is 5.26. The maximum atomic E-state index is 10.8. The highest BCUT2D eigenvalue weighted by Crippen LogP contribution is 2.38. The number of rotatable bonds is 5. The fourth-order valence-electron chi connectivity index (χ4n) is 3.18. The van der Waals surface area contributed by atoms with Crippen LogP contribution in [0.1, 0.15) is 32.9 Å². The minimum atomic E-state index is -0.907. The summed E-state index contributed by atoms with van der Waals surface area (Å²) in [7, 11) is 4.18. The van der Waals surface area contributed by atoms with Crippen LogP contribution in [0.3, 0.4) is 0 Å². The summed E-state index contributed by atoms with van der Waals surface area (Å²) in [5, 5.41) is 8.87. The Morgan fingerprint density at radius 2 is 2.04 bits per heavy atom. The fourth-order valence-corrected chi connectivity index (χ4v) is 4.26. The zero-order chi connectivity index (χ0) is 17.8. The van der Waals surface area contributed by atoms with Crippen LogP contribution in [0.15, 0.2) is 42.5 Å². The van der Waals surface area contributed by atoms with Crippen molar-refractivity contribution in [1.82, 2.24) is 4.90 Å². The molecule has 0 unspecified atom stereocenters. The zero-order valence-corrected chi connectivity index (χ0v) is 15.5.